The molecule has 0 aliphatic carbocycles. The van der Waals surface area contributed by atoms with E-state index in [4.69, 9.17) is 4.74 Å². The van der Waals surface area contributed by atoms with Crippen molar-refractivity contribution in [3.63, 3.8) is 0 Å². The first-order valence-electron chi connectivity index (χ1n) is 6.43. The predicted octanol–water partition coefficient (Wildman–Crippen LogP) is 2.89. The van der Waals surface area contributed by atoms with Crippen LogP contribution in [0.3, 0.4) is 0 Å². The molecular formula is C15H16N4O. The van der Waals surface area contributed by atoms with Gasteiger partial charge in [-0.15, -0.1) is 0 Å². The van der Waals surface area contributed by atoms with Crippen molar-refractivity contribution >= 4 is 16.6 Å². The Labute approximate surface area is 117 Å². The second-order valence-electron chi connectivity index (χ2n) is 4.62. The zero-order valence-electron chi connectivity index (χ0n) is 11.5. The summed E-state index contributed by atoms with van der Waals surface area (Å²) in [6.07, 6.45) is 3.63. The van der Waals surface area contributed by atoms with Crippen molar-refractivity contribution in [3.05, 3.63) is 47.9 Å². The van der Waals surface area contributed by atoms with Crippen molar-refractivity contribution in [1.29, 1.82) is 0 Å². The Bertz CT molecular complexity index is 736. The lowest BCUT2D eigenvalue weighted by Crippen LogP contribution is -2.02. The highest BCUT2D eigenvalue weighted by atomic mass is 16.5. The van der Waals surface area contributed by atoms with Crippen LogP contribution in [0.4, 0.5) is 5.82 Å². The smallest absolute Gasteiger partial charge is 0.134 e. The third-order valence-corrected chi connectivity index (χ3v) is 3.35. The Morgan fingerprint density at radius 2 is 2.20 bits per heavy atom. The summed E-state index contributed by atoms with van der Waals surface area (Å²) in [4.78, 5) is 4.41. The summed E-state index contributed by atoms with van der Waals surface area (Å²) in [6, 6.07) is 7.95. The molecule has 20 heavy (non-hydrogen) atoms. The molecule has 0 unspecified atom stereocenters. The molecule has 2 aromatic heterocycles. The van der Waals surface area contributed by atoms with E-state index in [1.54, 1.807) is 13.3 Å². The lowest BCUT2D eigenvalue weighted by molar-refractivity contribution is 0.415. The number of hydrogen-bond acceptors (Lipinski definition) is 4. The zero-order chi connectivity index (χ0) is 13.9. The summed E-state index contributed by atoms with van der Waals surface area (Å²) >= 11 is 0. The first kappa shape index (κ1) is 12.5. The van der Waals surface area contributed by atoms with E-state index in [9.17, 15) is 0 Å². The quantitative estimate of drug-likeness (QED) is 0.763. The second kappa shape index (κ2) is 5.21. The molecule has 3 rings (SSSR count). The standard InChI is InChI=1S/C15H16N4O/c1-10-12(9-18-19-10)8-17-15-14-4-3-13(20-2)7-11(14)5-6-16-15/h3-7,9H,8H2,1-2H3,(H,16,17)(H,18,19). The topological polar surface area (TPSA) is 62.8 Å². The number of rotatable bonds is 4. The van der Waals surface area contributed by atoms with Crippen LogP contribution in [0.15, 0.2) is 36.7 Å². The maximum absolute atomic E-state index is 5.24. The fraction of sp³-hybridized carbons (Fsp3) is 0.200. The van der Waals surface area contributed by atoms with Crippen LogP contribution in [-0.4, -0.2) is 22.3 Å². The van der Waals surface area contributed by atoms with Gasteiger partial charge in [-0.05, 0) is 36.6 Å². The van der Waals surface area contributed by atoms with Crippen LogP contribution in [0.5, 0.6) is 5.75 Å². The van der Waals surface area contributed by atoms with Crippen molar-refractivity contribution in [1.82, 2.24) is 15.2 Å². The van der Waals surface area contributed by atoms with E-state index in [2.05, 4.69) is 20.5 Å². The minimum absolute atomic E-state index is 0.695. The van der Waals surface area contributed by atoms with Gasteiger partial charge in [-0.2, -0.15) is 5.10 Å². The zero-order valence-corrected chi connectivity index (χ0v) is 11.5. The number of hydrogen-bond donors (Lipinski definition) is 2. The molecule has 2 heterocycles. The number of benzene rings is 1. The molecule has 5 nitrogen and oxygen atoms in total. The van der Waals surface area contributed by atoms with Crippen LogP contribution in [0.2, 0.25) is 0 Å². The van der Waals surface area contributed by atoms with E-state index in [1.807, 2.05) is 37.4 Å². The highest BCUT2D eigenvalue weighted by molar-refractivity contribution is 5.92. The van der Waals surface area contributed by atoms with Crippen molar-refractivity contribution in [2.45, 2.75) is 13.5 Å². The fourth-order valence-corrected chi connectivity index (χ4v) is 2.16. The van der Waals surface area contributed by atoms with Crippen LogP contribution >= 0.6 is 0 Å². The van der Waals surface area contributed by atoms with Gasteiger partial charge in [-0.3, -0.25) is 5.10 Å². The maximum atomic E-state index is 5.24. The van der Waals surface area contributed by atoms with Crippen molar-refractivity contribution < 1.29 is 4.74 Å². The summed E-state index contributed by atoms with van der Waals surface area (Å²) in [7, 11) is 1.67. The SMILES string of the molecule is COc1ccc2c(NCc3cn[nH]c3C)nccc2c1. The summed E-state index contributed by atoms with van der Waals surface area (Å²) in [5.74, 6) is 1.71. The van der Waals surface area contributed by atoms with Crippen molar-refractivity contribution in [2.75, 3.05) is 12.4 Å². The molecular weight excluding hydrogens is 252 g/mol. The molecule has 0 bridgehead atoms. The van der Waals surface area contributed by atoms with Gasteiger partial charge in [-0.1, -0.05) is 0 Å². The molecule has 1 aromatic carbocycles. The molecule has 0 saturated heterocycles. The number of pyridine rings is 1. The normalized spacial score (nSPS) is 10.7. The third-order valence-electron chi connectivity index (χ3n) is 3.35. The van der Waals surface area contributed by atoms with E-state index < -0.39 is 0 Å². The lowest BCUT2D eigenvalue weighted by Gasteiger charge is -2.09. The first-order valence-corrected chi connectivity index (χ1v) is 6.43. The number of H-pyrrole nitrogens is 1. The van der Waals surface area contributed by atoms with Gasteiger partial charge in [0, 0.05) is 29.4 Å². The van der Waals surface area contributed by atoms with E-state index >= 15 is 0 Å². The van der Waals surface area contributed by atoms with Gasteiger partial charge in [0.05, 0.1) is 13.3 Å². The van der Waals surface area contributed by atoms with Crippen molar-refractivity contribution in [2.24, 2.45) is 0 Å². The van der Waals surface area contributed by atoms with Gasteiger partial charge in [0.25, 0.3) is 0 Å². The van der Waals surface area contributed by atoms with Gasteiger partial charge in [0.1, 0.15) is 11.6 Å². The Morgan fingerprint density at radius 3 is 2.95 bits per heavy atom. The number of ether oxygens (including phenoxy) is 1. The predicted molar refractivity (Wildman–Crippen MR) is 78.9 cm³/mol. The summed E-state index contributed by atoms with van der Waals surface area (Å²) in [5, 5.41) is 12.5. The monoisotopic (exact) mass is 268 g/mol. The molecule has 0 aliphatic rings. The highest BCUT2D eigenvalue weighted by Gasteiger charge is 2.05. The Morgan fingerprint density at radius 1 is 1.30 bits per heavy atom. The van der Waals surface area contributed by atoms with Gasteiger partial charge in [-0.25, -0.2) is 4.98 Å². The van der Waals surface area contributed by atoms with Crippen LogP contribution in [-0.2, 0) is 6.54 Å². The number of aromatic nitrogens is 3. The summed E-state index contributed by atoms with van der Waals surface area (Å²) in [5.41, 5.74) is 2.21. The number of nitrogens with one attached hydrogen (secondary N) is 2. The third kappa shape index (κ3) is 2.30. The van der Waals surface area contributed by atoms with E-state index in [1.165, 1.54) is 0 Å². The van der Waals surface area contributed by atoms with Gasteiger partial charge >= 0.3 is 0 Å². The van der Waals surface area contributed by atoms with Gasteiger partial charge < -0.3 is 10.1 Å². The molecule has 0 aliphatic heterocycles. The molecule has 0 fully saturated rings. The average Bonchev–Trinajstić information content (AvgIpc) is 2.89. The van der Waals surface area contributed by atoms with E-state index in [-0.39, 0.29) is 0 Å². The lowest BCUT2D eigenvalue weighted by atomic mass is 10.1. The Hall–Kier alpha value is -2.56. The summed E-state index contributed by atoms with van der Waals surface area (Å²) < 4.78 is 5.24. The van der Waals surface area contributed by atoms with Gasteiger partial charge in [0.15, 0.2) is 0 Å². The molecule has 3 aromatic rings. The second-order valence-corrected chi connectivity index (χ2v) is 4.62. The number of fused-ring (bicyclic) bond motifs is 1. The van der Waals surface area contributed by atoms with E-state index in [0.29, 0.717) is 6.54 Å². The van der Waals surface area contributed by atoms with Crippen molar-refractivity contribution in [3.8, 4) is 5.75 Å². The first-order chi connectivity index (χ1) is 9.78. The molecule has 0 spiro atoms. The molecule has 5 heteroatoms. The number of nitrogens with zero attached hydrogens (tertiary/aromatic N) is 2. The molecule has 2 N–H and O–H groups in total. The van der Waals surface area contributed by atoms with Gasteiger partial charge in [0.2, 0.25) is 0 Å². The minimum atomic E-state index is 0.695. The number of methoxy groups -OCH3 is 1. The Balaban J connectivity index is 1.90. The van der Waals surface area contributed by atoms with Crippen LogP contribution in [0.1, 0.15) is 11.3 Å². The minimum Gasteiger partial charge on any atom is -0.497 e. The molecule has 102 valence electrons. The molecule has 0 radical (unpaired) electrons. The van der Waals surface area contributed by atoms with Crippen LogP contribution in [0, 0.1) is 6.92 Å². The average molecular weight is 268 g/mol. The van der Waals surface area contributed by atoms with E-state index in [0.717, 1.165) is 33.6 Å². The highest BCUT2D eigenvalue weighted by Crippen LogP contribution is 2.25. The number of anilines is 1. The molecule has 0 atom stereocenters. The number of aryl methyl sites for hydroxylation is 1. The fourth-order valence-electron chi connectivity index (χ4n) is 2.16. The van der Waals surface area contributed by atoms with Crippen LogP contribution in [0.25, 0.3) is 10.8 Å². The Kier molecular flexibility index (Phi) is 3.25. The largest absolute Gasteiger partial charge is 0.497 e. The maximum Gasteiger partial charge on any atom is 0.134 e. The van der Waals surface area contributed by atoms with Crippen LogP contribution < -0.4 is 10.1 Å². The molecule has 0 saturated carbocycles. The number of aromatic amines is 1. The summed E-state index contributed by atoms with van der Waals surface area (Å²) in [6.45, 7) is 2.70. The molecule has 0 amide bonds.